The second-order valence-corrected chi connectivity index (χ2v) is 10.4. The van der Waals surface area contributed by atoms with Gasteiger partial charge in [-0.25, -0.2) is 9.37 Å². The number of fused-ring (bicyclic) bond motifs is 1. The van der Waals surface area contributed by atoms with E-state index in [1.165, 1.54) is 32.4 Å². The molecular weight excluding hydrogens is 475 g/mol. The molecule has 1 N–H and O–H groups in total. The van der Waals surface area contributed by atoms with Gasteiger partial charge in [-0.15, -0.1) is 0 Å². The van der Waals surface area contributed by atoms with Crippen LogP contribution in [0.1, 0.15) is 97.7 Å². The molecule has 8 nitrogen and oxygen atoms in total. The molecule has 1 saturated carbocycles. The van der Waals surface area contributed by atoms with Crippen molar-refractivity contribution in [2.75, 3.05) is 19.8 Å². The van der Waals surface area contributed by atoms with Gasteiger partial charge in [0.2, 0.25) is 5.91 Å². The molecule has 2 atom stereocenters. The lowest BCUT2D eigenvalue weighted by Crippen LogP contribution is -2.42. The molecule has 3 aromatic rings. The number of rotatable bonds is 6. The van der Waals surface area contributed by atoms with Crippen LogP contribution in [0, 0.1) is 18.7 Å². The highest BCUT2D eigenvalue weighted by atomic mass is 19.1. The first-order valence-corrected chi connectivity index (χ1v) is 13.4. The van der Waals surface area contributed by atoms with Gasteiger partial charge in [0, 0.05) is 31.4 Å². The zero-order valence-electron chi connectivity index (χ0n) is 21.6. The third-order valence-corrected chi connectivity index (χ3v) is 8.06. The Hall–Kier alpha value is -3.07. The lowest BCUT2D eigenvalue weighted by atomic mass is 9.78. The van der Waals surface area contributed by atoms with Crippen molar-refractivity contribution in [2.24, 2.45) is 5.92 Å². The molecule has 1 aliphatic carbocycles. The van der Waals surface area contributed by atoms with E-state index in [4.69, 9.17) is 14.2 Å². The summed E-state index contributed by atoms with van der Waals surface area (Å²) in [5.74, 6) is 0.155. The number of hydrogen-bond acceptors (Lipinski definition) is 6. The van der Waals surface area contributed by atoms with E-state index in [1.54, 1.807) is 17.9 Å². The van der Waals surface area contributed by atoms with Crippen LogP contribution in [0.4, 0.5) is 4.39 Å². The van der Waals surface area contributed by atoms with Crippen LogP contribution in [0.2, 0.25) is 0 Å². The number of aromatic amines is 1. The summed E-state index contributed by atoms with van der Waals surface area (Å²) in [5.41, 5.74) is 2.30. The normalized spacial score (nSPS) is 20.5. The van der Waals surface area contributed by atoms with Crippen LogP contribution in [0.15, 0.2) is 22.9 Å². The maximum atomic E-state index is 15.9. The summed E-state index contributed by atoms with van der Waals surface area (Å²) in [4.78, 5) is 35.2. The monoisotopic (exact) mass is 510 g/mol. The fraction of sp³-hybridized carbons (Fsp3) is 0.571. The van der Waals surface area contributed by atoms with E-state index in [-0.39, 0.29) is 42.1 Å². The lowest BCUT2D eigenvalue weighted by Gasteiger charge is -2.35. The molecule has 1 aromatic carbocycles. The van der Waals surface area contributed by atoms with Crippen molar-refractivity contribution in [3.8, 4) is 0 Å². The van der Waals surface area contributed by atoms with E-state index in [9.17, 15) is 9.59 Å². The molecule has 5 rings (SSSR count). The van der Waals surface area contributed by atoms with Gasteiger partial charge >= 0.3 is 0 Å². The number of aromatic nitrogens is 3. The molecular formula is C28H35FN4O4. The summed E-state index contributed by atoms with van der Waals surface area (Å²) < 4.78 is 26.5. The fourth-order valence-electron chi connectivity index (χ4n) is 5.99. The number of amides is 1. The summed E-state index contributed by atoms with van der Waals surface area (Å²) in [6.07, 6.45) is 9.55. The maximum absolute atomic E-state index is 15.9. The number of halogens is 1. The summed E-state index contributed by atoms with van der Waals surface area (Å²) in [6, 6.07) is 3.04. The summed E-state index contributed by atoms with van der Waals surface area (Å²) in [5, 5.41) is 3.87. The molecule has 2 unspecified atom stereocenters. The third kappa shape index (κ3) is 5.32. The number of carbonyl (C=O) groups excluding carboxylic acids is 2. The molecule has 1 saturated heterocycles. The number of nitrogens with one attached hydrogen (secondary N) is 1. The van der Waals surface area contributed by atoms with Crippen LogP contribution in [-0.4, -0.2) is 51.5 Å². The lowest BCUT2D eigenvalue weighted by molar-refractivity contribution is -0.137. The molecule has 2 aliphatic rings. The number of imidazole rings is 1. The maximum Gasteiger partial charge on any atom is 0.220 e. The summed E-state index contributed by atoms with van der Waals surface area (Å²) >= 11 is 0. The predicted octanol–water partition coefficient (Wildman–Crippen LogP) is 5.64. The van der Waals surface area contributed by atoms with E-state index in [2.05, 4.69) is 10.1 Å². The Bertz CT molecular complexity index is 1260. The van der Waals surface area contributed by atoms with Crippen molar-refractivity contribution >= 4 is 22.7 Å². The fourth-order valence-corrected chi connectivity index (χ4v) is 5.99. The molecule has 3 heterocycles. The van der Waals surface area contributed by atoms with Crippen molar-refractivity contribution in [1.82, 2.24) is 20.0 Å². The number of carbonyl (C=O) groups is 2. The molecule has 9 heteroatoms. The summed E-state index contributed by atoms with van der Waals surface area (Å²) in [6.45, 7) is 4.37. The van der Waals surface area contributed by atoms with E-state index in [1.807, 2.05) is 6.07 Å². The van der Waals surface area contributed by atoms with Crippen LogP contribution in [0.3, 0.4) is 0 Å². The van der Waals surface area contributed by atoms with Gasteiger partial charge in [0.25, 0.3) is 0 Å². The smallest absolute Gasteiger partial charge is 0.220 e. The Labute approximate surface area is 215 Å². The molecule has 37 heavy (non-hydrogen) atoms. The molecule has 198 valence electrons. The Morgan fingerprint density at radius 1 is 1.19 bits per heavy atom. The number of aryl methyl sites for hydroxylation is 1. The van der Waals surface area contributed by atoms with Gasteiger partial charge in [0.1, 0.15) is 17.6 Å². The number of ketones is 1. The van der Waals surface area contributed by atoms with Crippen molar-refractivity contribution in [3.63, 3.8) is 0 Å². The van der Waals surface area contributed by atoms with Crippen LogP contribution in [-0.2, 0) is 9.53 Å². The van der Waals surface area contributed by atoms with Gasteiger partial charge in [-0.2, -0.15) is 0 Å². The Morgan fingerprint density at radius 3 is 2.65 bits per heavy atom. The molecule has 2 fully saturated rings. The third-order valence-electron chi connectivity index (χ3n) is 8.06. The van der Waals surface area contributed by atoms with E-state index < -0.39 is 11.9 Å². The molecule has 1 amide bonds. The number of morpholine rings is 1. The van der Waals surface area contributed by atoms with Gasteiger partial charge in [-0.1, -0.05) is 43.3 Å². The Balaban J connectivity index is 1.50. The first-order chi connectivity index (χ1) is 17.9. The summed E-state index contributed by atoms with van der Waals surface area (Å²) in [7, 11) is 0. The van der Waals surface area contributed by atoms with E-state index >= 15 is 4.39 Å². The standard InChI is InChI=1S/C28H35FN4O4/c1-17-22(15-37-32-17)25(35)14-21(19-8-6-4-3-5-7-9-19)28-30-23-11-10-20(26(29)27(23)31-28)24-16-36-13-12-33(24)18(2)34/h10-11,15,19,21,24H,3-9,12-14,16H2,1-2H3,(H,30,31). The Kier molecular flexibility index (Phi) is 7.69. The first kappa shape index (κ1) is 25.6. The number of ether oxygens (including phenoxy) is 1. The van der Waals surface area contributed by atoms with Crippen molar-refractivity contribution in [2.45, 2.75) is 77.2 Å². The molecule has 0 radical (unpaired) electrons. The number of Topliss-reactive ketones (excluding diaryl/α,β-unsaturated/α-hetero) is 1. The van der Waals surface area contributed by atoms with Crippen molar-refractivity contribution in [1.29, 1.82) is 0 Å². The van der Waals surface area contributed by atoms with Crippen LogP contribution in [0.25, 0.3) is 11.0 Å². The zero-order chi connectivity index (χ0) is 25.9. The number of nitrogens with zero attached hydrogens (tertiary/aromatic N) is 3. The van der Waals surface area contributed by atoms with Crippen LogP contribution in [0.5, 0.6) is 0 Å². The SMILES string of the molecule is CC(=O)N1CCOCC1c1ccc2[nH]c(C(CC(=O)c3conc3C)C3CCCCCCC3)nc2c1F. The first-order valence-electron chi connectivity index (χ1n) is 13.4. The van der Waals surface area contributed by atoms with Crippen molar-refractivity contribution < 1.29 is 23.2 Å². The molecule has 0 spiro atoms. The van der Waals surface area contributed by atoms with Gasteiger partial charge in [0.05, 0.1) is 36.0 Å². The highest BCUT2D eigenvalue weighted by molar-refractivity contribution is 5.97. The van der Waals surface area contributed by atoms with E-state index in [0.717, 1.165) is 25.7 Å². The average Bonchev–Trinajstić information content (AvgIpc) is 3.50. The topological polar surface area (TPSA) is 101 Å². The number of benzene rings is 1. The van der Waals surface area contributed by atoms with Crippen LogP contribution < -0.4 is 0 Å². The van der Waals surface area contributed by atoms with Crippen molar-refractivity contribution in [3.05, 3.63) is 46.9 Å². The highest BCUT2D eigenvalue weighted by Gasteiger charge is 2.33. The second-order valence-electron chi connectivity index (χ2n) is 10.4. The van der Waals surface area contributed by atoms with Gasteiger partial charge in [-0.3, -0.25) is 9.59 Å². The molecule has 0 bridgehead atoms. The number of H-pyrrole nitrogens is 1. The van der Waals surface area contributed by atoms with Gasteiger partial charge in [0.15, 0.2) is 11.6 Å². The zero-order valence-corrected chi connectivity index (χ0v) is 21.6. The van der Waals surface area contributed by atoms with Gasteiger partial charge in [-0.05, 0) is 31.7 Å². The highest BCUT2D eigenvalue weighted by Crippen LogP contribution is 2.38. The van der Waals surface area contributed by atoms with Gasteiger partial charge < -0.3 is 19.1 Å². The second kappa shape index (κ2) is 11.1. The Morgan fingerprint density at radius 2 is 1.95 bits per heavy atom. The largest absolute Gasteiger partial charge is 0.377 e. The minimum Gasteiger partial charge on any atom is -0.377 e. The number of hydrogen-bond donors (Lipinski definition) is 1. The average molecular weight is 511 g/mol. The molecule has 2 aromatic heterocycles. The van der Waals surface area contributed by atoms with Crippen LogP contribution >= 0.6 is 0 Å². The quantitative estimate of drug-likeness (QED) is 0.431. The van der Waals surface area contributed by atoms with E-state index in [0.29, 0.717) is 41.3 Å². The minimum absolute atomic E-state index is 0.0381. The molecule has 1 aliphatic heterocycles. The minimum atomic E-state index is -0.490. The predicted molar refractivity (Wildman–Crippen MR) is 136 cm³/mol.